The van der Waals surface area contributed by atoms with Gasteiger partial charge in [0.05, 0.1) is 0 Å². The first-order valence-corrected chi connectivity index (χ1v) is 7.26. The molecule has 2 N–H and O–H groups in total. The first-order valence-electron chi connectivity index (χ1n) is 6.03. The molecule has 5 nitrogen and oxygen atoms in total. The van der Waals surface area contributed by atoms with Crippen LogP contribution in [0.15, 0.2) is 54.1 Å². The molecule has 0 aliphatic heterocycles. The lowest BCUT2D eigenvalue weighted by atomic mass is 10.2. The molecule has 6 heteroatoms. The summed E-state index contributed by atoms with van der Waals surface area (Å²) in [6.45, 7) is 0. The van der Waals surface area contributed by atoms with Crippen molar-refractivity contribution in [3.8, 4) is 17.2 Å². The standard InChI is InChI=1S/C14H13N5S/c1-20-13-8-12(17-9-18-13)19-7-6-16-14(19)10-2-4-11(15)5-3-10/h2-9H,15H2,1H3. The fourth-order valence-corrected chi connectivity index (χ4v) is 2.28. The molecule has 0 radical (unpaired) electrons. The van der Waals surface area contributed by atoms with Crippen LogP contribution in [0, 0.1) is 0 Å². The minimum Gasteiger partial charge on any atom is -0.399 e. The molecule has 3 rings (SSSR count). The van der Waals surface area contributed by atoms with Crippen LogP contribution in [-0.2, 0) is 0 Å². The van der Waals surface area contributed by atoms with E-state index in [2.05, 4.69) is 15.0 Å². The van der Waals surface area contributed by atoms with Gasteiger partial charge in [-0.2, -0.15) is 0 Å². The van der Waals surface area contributed by atoms with Gasteiger partial charge in [-0.05, 0) is 30.5 Å². The van der Waals surface area contributed by atoms with Crippen molar-refractivity contribution in [3.05, 3.63) is 49.1 Å². The summed E-state index contributed by atoms with van der Waals surface area (Å²) in [5.41, 5.74) is 7.45. The number of hydrogen-bond acceptors (Lipinski definition) is 5. The Bertz CT molecular complexity index is 720. The van der Waals surface area contributed by atoms with Crippen molar-refractivity contribution in [2.24, 2.45) is 0 Å². The summed E-state index contributed by atoms with van der Waals surface area (Å²) in [5, 5.41) is 0.923. The third-order valence-electron chi connectivity index (χ3n) is 2.89. The van der Waals surface area contributed by atoms with Gasteiger partial charge in [-0.3, -0.25) is 4.57 Å². The molecule has 0 unspecified atom stereocenters. The molecule has 0 saturated heterocycles. The number of thioether (sulfide) groups is 1. The highest BCUT2D eigenvalue weighted by atomic mass is 32.2. The van der Waals surface area contributed by atoms with Gasteiger partial charge in [0.25, 0.3) is 0 Å². The fraction of sp³-hybridized carbons (Fsp3) is 0.0714. The van der Waals surface area contributed by atoms with Gasteiger partial charge in [0.2, 0.25) is 0 Å². The number of rotatable bonds is 3. The summed E-state index contributed by atoms with van der Waals surface area (Å²) in [6, 6.07) is 9.56. The van der Waals surface area contributed by atoms with Gasteiger partial charge in [-0.25, -0.2) is 15.0 Å². The van der Waals surface area contributed by atoms with Crippen LogP contribution in [0.3, 0.4) is 0 Å². The van der Waals surface area contributed by atoms with Crippen LogP contribution in [0.4, 0.5) is 5.69 Å². The van der Waals surface area contributed by atoms with E-state index in [1.54, 1.807) is 24.3 Å². The summed E-state index contributed by atoms with van der Waals surface area (Å²) in [7, 11) is 0. The normalized spacial score (nSPS) is 10.7. The van der Waals surface area contributed by atoms with Crippen LogP contribution >= 0.6 is 11.8 Å². The molecule has 2 aromatic heterocycles. The third-order valence-corrected chi connectivity index (χ3v) is 3.53. The molecule has 20 heavy (non-hydrogen) atoms. The molecule has 0 spiro atoms. The molecule has 3 aromatic rings. The average Bonchev–Trinajstić information content (AvgIpc) is 2.97. The van der Waals surface area contributed by atoms with Crippen molar-refractivity contribution in [2.75, 3.05) is 12.0 Å². The lowest BCUT2D eigenvalue weighted by Crippen LogP contribution is -2.00. The van der Waals surface area contributed by atoms with E-state index in [4.69, 9.17) is 5.73 Å². The zero-order chi connectivity index (χ0) is 13.9. The predicted molar refractivity (Wildman–Crippen MR) is 80.8 cm³/mol. The van der Waals surface area contributed by atoms with Crippen LogP contribution in [0.5, 0.6) is 0 Å². The van der Waals surface area contributed by atoms with Crippen LogP contribution < -0.4 is 5.73 Å². The Balaban J connectivity index is 2.07. The second-order valence-electron chi connectivity index (χ2n) is 4.16. The fourth-order valence-electron chi connectivity index (χ4n) is 1.91. The number of nitrogens with zero attached hydrogens (tertiary/aromatic N) is 4. The molecule has 0 aliphatic rings. The summed E-state index contributed by atoms with van der Waals surface area (Å²) < 4.78 is 1.94. The van der Waals surface area contributed by atoms with E-state index in [9.17, 15) is 0 Å². The molecule has 2 heterocycles. The van der Waals surface area contributed by atoms with E-state index in [-0.39, 0.29) is 0 Å². The molecule has 0 fully saturated rings. The maximum absolute atomic E-state index is 5.72. The molecular formula is C14H13N5S. The Labute approximate surface area is 120 Å². The van der Waals surface area contributed by atoms with Crippen molar-refractivity contribution >= 4 is 17.4 Å². The van der Waals surface area contributed by atoms with E-state index >= 15 is 0 Å². The molecule has 0 atom stereocenters. The third kappa shape index (κ3) is 2.37. The van der Waals surface area contributed by atoms with Gasteiger partial charge >= 0.3 is 0 Å². The highest BCUT2D eigenvalue weighted by Crippen LogP contribution is 2.22. The van der Waals surface area contributed by atoms with E-state index < -0.39 is 0 Å². The highest BCUT2D eigenvalue weighted by molar-refractivity contribution is 7.98. The van der Waals surface area contributed by atoms with Gasteiger partial charge in [0, 0.05) is 29.7 Å². The number of nitrogen functional groups attached to an aromatic ring is 1. The Morgan fingerprint density at radius 3 is 2.65 bits per heavy atom. The Morgan fingerprint density at radius 2 is 1.90 bits per heavy atom. The maximum Gasteiger partial charge on any atom is 0.145 e. The minimum atomic E-state index is 0.735. The number of hydrogen-bond donors (Lipinski definition) is 1. The Morgan fingerprint density at radius 1 is 1.10 bits per heavy atom. The first kappa shape index (κ1) is 12.7. The largest absolute Gasteiger partial charge is 0.399 e. The second kappa shape index (κ2) is 5.34. The van der Waals surface area contributed by atoms with Crippen LogP contribution in [0.2, 0.25) is 0 Å². The number of aromatic nitrogens is 4. The van der Waals surface area contributed by atoms with Gasteiger partial charge in [-0.15, -0.1) is 11.8 Å². The molecule has 0 amide bonds. The van der Waals surface area contributed by atoms with Gasteiger partial charge in [0.1, 0.15) is 23.0 Å². The molecule has 0 saturated carbocycles. The Kier molecular flexibility index (Phi) is 3.39. The zero-order valence-corrected chi connectivity index (χ0v) is 11.7. The van der Waals surface area contributed by atoms with E-state index in [0.717, 1.165) is 27.9 Å². The van der Waals surface area contributed by atoms with Crippen LogP contribution in [-0.4, -0.2) is 25.8 Å². The smallest absolute Gasteiger partial charge is 0.145 e. The summed E-state index contributed by atoms with van der Waals surface area (Å²) in [6.07, 6.45) is 7.19. The van der Waals surface area contributed by atoms with E-state index in [0.29, 0.717) is 0 Å². The Hall–Kier alpha value is -2.34. The molecule has 1 aromatic carbocycles. The second-order valence-corrected chi connectivity index (χ2v) is 4.99. The summed E-state index contributed by atoms with van der Waals surface area (Å²) >= 11 is 1.58. The lowest BCUT2D eigenvalue weighted by molar-refractivity contribution is 0.941. The van der Waals surface area contributed by atoms with Crippen molar-refractivity contribution in [1.29, 1.82) is 0 Å². The molecular weight excluding hydrogens is 270 g/mol. The predicted octanol–water partition coefficient (Wildman–Crippen LogP) is 2.63. The lowest BCUT2D eigenvalue weighted by Gasteiger charge is -2.07. The quantitative estimate of drug-likeness (QED) is 0.454. The topological polar surface area (TPSA) is 69.6 Å². The number of anilines is 1. The van der Waals surface area contributed by atoms with E-state index in [1.165, 1.54) is 0 Å². The van der Waals surface area contributed by atoms with Crippen molar-refractivity contribution in [2.45, 2.75) is 5.03 Å². The number of nitrogens with two attached hydrogens (primary N) is 1. The average molecular weight is 283 g/mol. The molecule has 0 bridgehead atoms. The first-order chi connectivity index (χ1) is 9.78. The van der Waals surface area contributed by atoms with Crippen LogP contribution in [0.25, 0.3) is 17.2 Å². The van der Waals surface area contributed by atoms with Crippen molar-refractivity contribution in [1.82, 2.24) is 19.5 Å². The van der Waals surface area contributed by atoms with Gasteiger partial charge in [-0.1, -0.05) is 0 Å². The monoisotopic (exact) mass is 283 g/mol. The van der Waals surface area contributed by atoms with Gasteiger partial charge < -0.3 is 5.73 Å². The number of benzene rings is 1. The van der Waals surface area contributed by atoms with Crippen molar-refractivity contribution < 1.29 is 0 Å². The SMILES string of the molecule is CSc1cc(-n2ccnc2-c2ccc(N)cc2)ncn1. The summed E-state index contributed by atoms with van der Waals surface area (Å²) in [5.74, 6) is 1.63. The number of imidazole rings is 1. The van der Waals surface area contributed by atoms with Crippen LogP contribution in [0.1, 0.15) is 0 Å². The van der Waals surface area contributed by atoms with E-state index in [1.807, 2.05) is 47.4 Å². The molecule has 0 aliphatic carbocycles. The molecule has 100 valence electrons. The zero-order valence-electron chi connectivity index (χ0n) is 10.9. The minimum absolute atomic E-state index is 0.735. The highest BCUT2D eigenvalue weighted by Gasteiger charge is 2.09. The summed E-state index contributed by atoms with van der Waals surface area (Å²) in [4.78, 5) is 12.9. The van der Waals surface area contributed by atoms with Gasteiger partial charge in [0.15, 0.2) is 0 Å². The maximum atomic E-state index is 5.72. The van der Waals surface area contributed by atoms with Crippen molar-refractivity contribution in [3.63, 3.8) is 0 Å².